The third kappa shape index (κ3) is 5.18. The average Bonchev–Trinajstić information content (AvgIpc) is 2.26. The molecule has 2 nitrogen and oxygen atoms in total. The summed E-state index contributed by atoms with van der Waals surface area (Å²) in [5, 5.41) is 0. The number of hydrogen-bond donors (Lipinski definition) is 0. The van der Waals surface area contributed by atoms with E-state index in [2.05, 4.69) is 56.1 Å². The van der Waals surface area contributed by atoms with E-state index in [4.69, 9.17) is 0 Å². The van der Waals surface area contributed by atoms with Crippen LogP contribution in [0, 0.1) is 6.07 Å². The first-order chi connectivity index (χ1) is 7.11. The number of rotatable bonds is 5. The Labute approximate surface area is 112 Å². The van der Waals surface area contributed by atoms with Crippen LogP contribution in [0.2, 0.25) is 0 Å². The van der Waals surface area contributed by atoms with Crippen LogP contribution >= 0.6 is 0 Å². The van der Waals surface area contributed by atoms with Crippen molar-refractivity contribution in [2.24, 2.45) is 0 Å². The second-order valence-corrected chi connectivity index (χ2v) is 4.28. The SMILES string of the molecule is C[C@H](c1[c-]cccc1)N(C)CCN(C)C.[Li+]. The van der Waals surface area contributed by atoms with Crippen LogP contribution in [-0.2, 0) is 0 Å². The molecule has 0 fully saturated rings. The molecule has 1 aromatic rings. The summed E-state index contributed by atoms with van der Waals surface area (Å²) in [6.45, 7) is 4.39. The van der Waals surface area contributed by atoms with Gasteiger partial charge in [0.1, 0.15) is 0 Å². The summed E-state index contributed by atoms with van der Waals surface area (Å²) in [6.07, 6.45) is 0. The van der Waals surface area contributed by atoms with E-state index in [-0.39, 0.29) is 18.9 Å². The molecule has 0 amide bonds. The van der Waals surface area contributed by atoms with Crippen molar-refractivity contribution >= 4 is 0 Å². The van der Waals surface area contributed by atoms with Gasteiger partial charge >= 0.3 is 18.9 Å². The Bertz CT molecular complexity index is 275. The van der Waals surface area contributed by atoms with Gasteiger partial charge in [-0.15, -0.1) is 5.56 Å². The van der Waals surface area contributed by atoms with Gasteiger partial charge < -0.3 is 9.80 Å². The first-order valence-corrected chi connectivity index (χ1v) is 5.43. The molecule has 0 bridgehead atoms. The second kappa shape index (κ2) is 7.92. The molecule has 0 saturated carbocycles. The predicted octanol–water partition coefficient (Wildman–Crippen LogP) is -0.955. The number of benzene rings is 1. The molecule has 0 spiro atoms. The Hall–Kier alpha value is -0.263. The van der Waals surface area contributed by atoms with Crippen molar-refractivity contribution in [3.05, 3.63) is 35.9 Å². The van der Waals surface area contributed by atoms with Crippen molar-refractivity contribution in [2.45, 2.75) is 13.0 Å². The van der Waals surface area contributed by atoms with Crippen molar-refractivity contribution in [3.8, 4) is 0 Å². The maximum atomic E-state index is 3.28. The molecule has 3 heteroatoms. The van der Waals surface area contributed by atoms with Crippen molar-refractivity contribution in [2.75, 3.05) is 34.2 Å². The Kier molecular flexibility index (Phi) is 7.79. The summed E-state index contributed by atoms with van der Waals surface area (Å²) in [7, 11) is 6.37. The fraction of sp³-hybridized carbons (Fsp3) is 0.538. The van der Waals surface area contributed by atoms with Gasteiger partial charge in [-0.05, 0) is 28.1 Å². The fourth-order valence-corrected chi connectivity index (χ4v) is 1.46. The topological polar surface area (TPSA) is 6.48 Å². The van der Waals surface area contributed by atoms with Crippen molar-refractivity contribution in [1.29, 1.82) is 0 Å². The van der Waals surface area contributed by atoms with Gasteiger partial charge in [-0.2, -0.15) is 30.3 Å². The molecule has 0 N–H and O–H groups in total. The first-order valence-electron chi connectivity index (χ1n) is 5.43. The Morgan fingerprint density at radius 3 is 2.38 bits per heavy atom. The minimum atomic E-state index is 0. The first kappa shape index (κ1) is 15.7. The van der Waals surface area contributed by atoms with Gasteiger partial charge in [0.05, 0.1) is 0 Å². The Morgan fingerprint density at radius 1 is 1.19 bits per heavy atom. The van der Waals surface area contributed by atoms with E-state index in [0.717, 1.165) is 13.1 Å². The van der Waals surface area contributed by atoms with E-state index in [1.54, 1.807) is 0 Å². The molecular weight excluding hydrogens is 191 g/mol. The number of nitrogens with zero attached hydrogens (tertiary/aromatic N) is 2. The molecule has 0 unspecified atom stereocenters. The third-order valence-electron chi connectivity index (χ3n) is 2.74. The van der Waals surface area contributed by atoms with Gasteiger partial charge in [0.15, 0.2) is 0 Å². The Morgan fingerprint density at radius 2 is 1.88 bits per heavy atom. The van der Waals surface area contributed by atoms with E-state index >= 15 is 0 Å². The zero-order chi connectivity index (χ0) is 11.3. The summed E-state index contributed by atoms with van der Waals surface area (Å²) >= 11 is 0. The van der Waals surface area contributed by atoms with Gasteiger partial charge in [-0.1, -0.05) is 0 Å². The summed E-state index contributed by atoms with van der Waals surface area (Å²) in [6, 6.07) is 11.9. The van der Waals surface area contributed by atoms with Gasteiger partial charge in [0.2, 0.25) is 0 Å². The predicted molar refractivity (Wildman–Crippen MR) is 64.9 cm³/mol. The van der Waals surface area contributed by atoms with Crippen molar-refractivity contribution in [3.63, 3.8) is 0 Å². The van der Waals surface area contributed by atoms with E-state index in [1.165, 1.54) is 5.56 Å². The van der Waals surface area contributed by atoms with Crippen LogP contribution in [0.25, 0.3) is 0 Å². The molecule has 84 valence electrons. The molecule has 0 aromatic heterocycles. The average molecular weight is 212 g/mol. The largest absolute Gasteiger partial charge is 1.00 e. The third-order valence-corrected chi connectivity index (χ3v) is 2.74. The number of likely N-dealkylation sites (N-methyl/N-ethyl adjacent to an activating group) is 2. The molecule has 0 aliphatic carbocycles. The molecule has 1 atom stereocenters. The van der Waals surface area contributed by atoms with E-state index < -0.39 is 0 Å². The number of hydrogen-bond acceptors (Lipinski definition) is 2. The van der Waals surface area contributed by atoms with Crippen molar-refractivity contribution < 1.29 is 18.9 Å². The Balaban J connectivity index is 0.00000225. The van der Waals surface area contributed by atoms with Crippen LogP contribution in [0.1, 0.15) is 18.5 Å². The van der Waals surface area contributed by atoms with Crippen LogP contribution in [0.3, 0.4) is 0 Å². The molecule has 0 saturated heterocycles. The zero-order valence-corrected chi connectivity index (χ0v) is 11.2. The molecule has 0 aliphatic heterocycles. The van der Waals surface area contributed by atoms with Crippen LogP contribution in [0.4, 0.5) is 0 Å². The van der Waals surface area contributed by atoms with Gasteiger partial charge in [-0.25, -0.2) is 0 Å². The summed E-state index contributed by atoms with van der Waals surface area (Å²) in [5.74, 6) is 0. The quantitative estimate of drug-likeness (QED) is 0.458. The zero-order valence-electron chi connectivity index (χ0n) is 11.2. The van der Waals surface area contributed by atoms with E-state index in [9.17, 15) is 0 Å². The summed E-state index contributed by atoms with van der Waals surface area (Å²) < 4.78 is 0. The smallest absolute Gasteiger partial charge is 0.308 e. The van der Waals surface area contributed by atoms with Crippen LogP contribution < -0.4 is 18.9 Å². The summed E-state index contributed by atoms with van der Waals surface area (Å²) in [4.78, 5) is 4.56. The van der Waals surface area contributed by atoms with Gasteiger partial charge in [0, 0.05) is 19.1 Å². The monoisotopic (exact) mass is 212 g/mol. The van der Waals surface area contributed by atoms with Crippen LogP contribution in [0.15, 0.2) is 24.3 Å². The van der Waals surface area contributed by atoms with E-state index in [1.807, 2.05) is 12.1 Å². The molecular formula is C13H21LiN2. The molecule has 16 heavy (non-hydrogen) atoms. The maximum absolute atomic E-state index is 3.28. The van der Waals surface area contributed by atoms with Gasteiger partial charge in [-0.3, -0.25) is 0 Å². The van der Waals surface area contributed by atoms with E-state index in [0.29, 0.717) is 6.04 Å². The molecule has 0 aliphatic rings. The minimum absolute atomic E-state index is 0. The maximum Gasteiger partial charge on any atom is 1.00 e. The molecule has 0 radical (unpaired) electrons. The minimum Gasteiger partial charge on any atom is -0.308 e. The molecule has 1 aromatic carbocycles. The van der Waals surface area contributed by atoms with Gasteiger partial charge in [0.25, 0.3) is 0 Å². The van der Waals surface area contributed by atoms with Crippen molar-refractivity contribution in [1.82, 2.24) is 9.80 Å². The normalized spacial score (nSPS) is 12.6. The molecule has 0 heterocycles. The second-order valence-electron chi connectivity index (χ2n) is 4.28. The fourth-order valence-electron chi connectivity index (χ4n) is 1.46. The standard InChI is InChI=1S/C13H21N2.Li/c1-12(13-8-6-5-7-9-13)15(4)11-10-14(2)3;/h5-8,12H,10-11H2,1-4H3;/q-1;+1/t12-;/m1./s1. The van der Waals surface area contributed by atoms with Crippen LogP contribution in [-0.4, -0.2) is 44.0 Å². The van der Waals surface area contributed by atoms with Crippen LogP contribution in [0.5, 0.6) is 0 Å². The summed E-state index contributed by atoms with van der Waals surface area (Å²) in [5.41, 5.74) is 1.26. The molecule has 1 rings (SSSR count).